The first-order chi connectivity index (χ1) is 6.97. The number of nitrogens with two attached hydrogens (primary N) is 1. The molecule has 0 aliphatic carbocycles. The molecule has 0 saturated heterocycles. The molecule has 0 fully saturated rings. The molecule has 2 N–H and O–H groups in total. The van der Waals surface area contributed by atoms with E-state index >= 15 is 0 Å². The molecule has 0 aliphatic heterocycles. The van der Waals surface area contributed by atoms with E-state index in [2.05, 4.69) is 5.48 Å². The van der Waals surface area contributed by atoms with E-state index in [1.807, 2.05) is 34.6 Å². The zero-order valence-electron chi connectivity index (χ0n) is 10.8. The predicted molar refractivity (Wildman–Crippen MR) is 65.9 cm³/mol. The van der Waals surface area contributed by atoms with Gasteiger partial charge in [-0.1, -0.05) is 34.6 Å². The van der Waals surface area contributed by atoms with Crippen molar-refractivity contribution in [2.75, 3.05) is 5.73 Å². The molecule has 0 saturated carbocycles. The summed E-state index contributed by atoms with van der Waals surface area (Å²) in [5.74, 6) is 0.712. The van der Waals surface area contributed by atoms with Crippen molar-refractivity contribution in [1.29, 1.82) is 0 Å². The molecule has 1 radical (unpaired) electrons. The standard InChI is InChI=1S/C10H15N2O.C2H6.Y/c1-10(2,3)12-13-9-6-4-8(11)5-7-9;1-2;/h4-7H,11H2,1-3H3;1-2H3;/q-1;;. The van der Waals surface area contributed by atoms with Gasteiger partial charge in [0.2, 0.25) is 0 Å². The summed E-state index contributed by atoms with van der Waals surface area (Å²) in [6.45, 7) is 9.93. The number of hydrogen-bond acceptors (Lipinski definition) is 2. The van der Waals surface area contributed by atoms with Crippen LogP contribution >= 0.6 is 0 Å². The molecule has 16 heavy (non-hydrogen) atoms. The number of hydrogen-bond donors (Lipinski definition) is 1. The van der Waals surface area contributed by atoms with E-state index in [-0.39, 0.29) is 38.2 Å². The molecule has 0 atom stereocenters. The molecular formula is C12H21N2OY-. The number of rotatable bonds is 2. The van der Waals surface area contributed by atoms with Gasteiger partial charge in [-0.05, 0) is 24.3 Å². The van der Waals surface area contributed by atoms with Gasteiger partial charge in [0, 0.05) is 38.4 Å². The molecule has 0 amide bonds. The summed E-state index contributed by atoms with van der Waals surface area (Å²) >= 11 is 0. The van der Waals surface area contributed by atoms with Crippen LogP contribution in [0.1, 0.15) is 34.6 Å². The summed E-state index contributed by atoms with van der Waals surface area (Å²) in [5.41, 5.74) is 10.1. The monoisotopic (exact) mass is 298 g/mol. The summed E-state index contributed by atoms with van der Waals surface area (Å²) in [4.78, 5) is 5.19. The van der Waals surface area contributed by atoms with Crippen molar-refractivity contribution >= 4 is 5.69 Å². The third kappa shape index (κ3) is 9.13. The largest absolute Gasteiger partial charge is 0.587 e. The van der Waals surface area contributed by atoms with Crippen LogP contribution in [0.25, 0.3) is 5.48 Å². The molecule has 1 aromatic rings. The third-order valence-corrected chi connectivity index (χ3v) is 1.31. The first-order valence-electron chi connectivity index (χ1n) is 5.22. The average Bonchev–Trinajstić information content (AvgIpc) is 2.19. The molecule has 0 bridgehead atoms. The van der Waals surface area contributed by atoms with Gasteiger partial charge in [0.1, 0.15) is 5.75 Å². The molecule has 0 unspecified atom stereocenters. The molecule has 89 valence electrons. The zero-order chi connectivity index (χ0) is 11.9. The predicted octanol–water partition coefficient (Wildman–Crippen LogP) is 3.76. The van der Waals surface area contributed by atoms with Crippen LogP contribution in [0.2, 0.25) is 0 Å². The SMILES string of the molecule is CC.CC(C)(C)[N-]Oc1ccc(N)cc1.[Y]. The van der Waals surface area contributed by atoms with Gasteiger partial charge >= 0.3 is 0 Å². The number of benzene rings is 1. The van der Waals surface area contributed by atoms with E-state index < -0.39 is 0 Å². The van der Waals surface area contributed by atoms with Crippen LogP contribution in [-0.4, -0.2) is 5.54 Å². The maximum Gasteiger partial charge on any atom is 0.101 e. The van der Waals surface area contributed by atoms with Crippen LogP contribution < -0.4 is 10.6 Å². The molecule has 1 rings (SSSR count). The van der Waals surface area contributed by atoms with E-state index in [4.69, 9.17) is 10.6 Å². The van der Waals surface area contributed by atoms with Gasteiger partial charge in [-0.25, -0.2) is 0 Å². The van der Waals surface area contributed by atoms with Crippen molar-refractivity contribution in [3.63, 3.8) is 0 Å². The van der Waals surface area contributed by atoms with Crippen molar-refractivity contribution in [2.24, 2.45) is 0 Å². The topological polar surface area (TPSA) is 49.4 Å². The van der Waals surface area contributed by atoms with E-state index in [9.17, 15) is 0 Å². The van der Waals surface area contributed by atoms with Crippen molar-refractivity contribution < 1.29 is 37.5 Å². The smallest absolute Gasteiger partial charge is 0.101 e. The van der Waals surface area contributed by atoms with Crippen LogP contribution in [-0.2, 0) is 32.7 Å². The van der Waals surface area contributed by atoms with Gasteiger partial charge in [-0.3, -0.25) is 0 Å². The molecule has 1 aromatic carbocycles. The summed E-state index contributed by atoms with van der Waals surface area (Å²) in [6.07, 6.45) is 0. The minimum atomic E-state index is -0.179. The van der Waals surface area contributed by atoms with E-state index in [1.165, 1.54) is 0 Å². The molecule has 4 heteroatoms. The maximum atomic E-state index is 5.52. The van der Waals surface area contributed by atoms with Gasteiger partial charge in [-0.2, -0.15) is 0 Å². The summed E-state index contributed by atoms with van der Waals surface area (Å²) in [6, 6.07) is 7.16. The fourth-order valence-corrected chi connectivity index (χ4v) is 0.718. The molecule has 0 spiro atoms. The Morgan fingerprint density at radius 3 is 1.88 bits per heavy atom. The second-order valence-electron chi connectivity index (χ2n) is 3.92. The van der Waals surface area contributed by atoms with Gasteiger partial charge in [0.15, 0.2) is 0 Å². The quantitative estimate of drug-likeness (QED) is 0.667. The fraction of sp³-hybridized carbons (Fsp3) is 0.500. The first-order valence-corrected chi connectivity index (χ1v) is 5.22. The van der Waals surface area contributed by atoms with Gasteiger partial charge in [-0.15, -0.1) is 5.54 Å². The Kier molecular flexibility index (Phi) is 10.2. The van der Waals surface area contributed by atoms with Crippen molar-refractivity contribution in [2.45, 2.75) is 40.2 Å². The Labute approximate surface area is 124 Å². The maximum absolute atomic E-state index is 5.52. The van der Waals surface area contributed by atoms with Crippen molar-refractivity contribution in [1.82, 2.24) is 0 Å². The Morgan fingerprint density at radius 1 is 1.06 bits per heavy atom. The van der Waals surface area contributed by atoms with E-state index in [1.54, 1.807) is 24.3 Å². The molecule has 0 aliphatic rings. The summed E-state index contributed by atoms with van der Waals surface area (Å²) < 4.78 is 0. The second-order valence-corrected chi connectivity index (χ2v) is 3.92. The van der Waals surface area contributed by atoms with Crippen molar-refractivity contribution in [3.8, 4) is 5.75 Å². The minimum Gasteiger partial charge on any atom is -0.587 e. The number of anilines is 1. The first kappa shape index (κ1) is 18.3. The van der Waals surface area contributed by atoms with Crippen LogP contribution in [0.4, 0.5) is 5.69 Å². The minimum absolute atomic E-state index is 0. The summed E-state index contributed by atoms with van der Waals surface area (Å²) in [5, 5.41) is 0. The normalized spacial score (nSPS) is 9.56. The Morgan fingerprint density at radius 2 is 1.50 bits per heavy atom. The van der Waals surface area contributed by atoms with Crippen LogP contribution in [0.15, 0.2) is 24.3 Å². The van der Waals surface area contributed by atoms with Crippen LogP contribution in [0.5, 0.6) is 5.75 Å². The van der Waals surface area contributed by atoms with Gasteiger partial charge in [0.05, 0.1) is 0 Å². The zero-order valence-corrected chi connectivity index (χ0v) is 13.7. The van der Waals surface area contributed by atoms with Crippen LogP contribution in [0, 0.1) is 0 Å². The fourth-order valence-electron chi connectivity index (χ4n) is 0.718. The molecule has 0 heterocycles. The second kappa shape index (κ2) is 8.97. The summed E-state index contributed by atoms with van der Waals surface area (Å²) in [7, 11) is 0. The molecule has 0 aromatic heterocycles. The number of nitrogens with zero attached hydrogens (tertiary/aromatic N) is 1. The average molecular weight is 298 g/mol. The Bertz CT molecular complexity index is 267. The van der Waals surface area contributed by atoms with Crippen LogP contribution in [0.3, 0.4) is 0 Å². The molecular weight excluding hydrogens is 277 g/mol. The van der Waals surface area contributed by atoms with E-state index in [0.29, 0.717) is 5.75 Å². The number of nitrogen functional groups attached to an aromatic ring is 1. The van der Waals surface area contributed by atoms with E-state index in [0.717, 1.165) is 5.69 Å². The van der Waals surface area contributed by atoms with Gasteiger partial charge in [0.25, 0.3) is 0 Å². The third-order valence-electron chi connectivity index (χ3n) is 1.31. The van der Waals surface area contributed by atoms with Crippen molar-refractivity contribution in [3.05, 3.63) is 29.7 Å². The molecule has 3 nitrogen and oxygen atoms in total. The number of hydroxylamine groups is 1. The Balaban J connectivity index is 0. The van der Waals surface area contributed by atoms with Gasteiger partial charge < -0.3 is 16.1 Å². The Hall–Kier alpha value is -0.116.